The van der Waals surface area contributed by atoms with Crippen molar-refractivity contribution < 1.29 is 0 Å². The van der Waals surface area contributed by atoms with E-state index in [9.17, 15) is 0 Å². The molecule has 0 amide bonds. The van der Waals surface area contributed by atoms with E-state index in [1.807, 2.05) is 0 Å². The zero-order valence-corrected chi connectivity index (χ0v) is 7.92. The first-order valence-corrected chi connectivity index (χ1v) is 5.23. The zero-order valence-electron chi connectivity index (χ0n) is 7.92. The molecule has 0 saturated heterocycles. The third-order valence-corrected chi connectivity index (χ3v) is 3.38. The molecule has 12 heavy (non-hydrogen) atoms. The molecule has 2 unspecified atom stereocenters. The van der Waals surface area contributed by atoms with Crippen LogP contribution in [-0.4, -0.2) is 0 Å². The van der Waals surface area contributed by atoms with Gasteiger partial charge in [-0.05, 0) is 43.9 Å². The van der Waals surface area contributed by atoms with Crippen molar-refractivity contribution in [2.45, 2.75) is 39.0 Å². The lowest BCUT2D eigenvalue weighted by atomic mass is 9.88. The molecule has 0 N–H and O–H groups in total. The molecule has 66 valence electrons. The van der Waals surface area contributed by atoms with Gasteiger partial charge in [-0.15, -0.1) is 0 Å². The number of hydrogen-bond acceptors (Lipinski definition) is 0. The summed E-state index contributed by atoms with van der Waals surface area (Å²) < 4.78 is 0. The molecular weight excluding hydrogens is 144 g/mol. The summed E-state index contributed by atoms with van der Waals surface area (Å²) in [4.78, 5) is 0. The Kier molecular flexibility index (Phi) is 2.34. The van der Waals surface area contributed by atoms with E-state index >= 15 is 0 Å². The van der Waals surface area contributed by atoms with Gasteiger partial charge in [-0.2, -0.15) is 0 Å². The van der Waals surface area contributed by atoms with Gasteiger partial charge in [0.15, 0.2) is 0 Å². The Balaban J connectivity index is 2.17. The van der Waals surface area contributed by atoms with Gasteiger partial charge in [0.2, 0.25) is 0 Å². The second kappa shape index (κ2) is 3.47. The lowest BCUT2D eigenvalue weighted by molar-refractivity contribution is 0.421. The average molecular weight is 162 g/mol. The van der Waals surface area contributed by atoms with Crippen LogP contribution in [0.1, 0.15) is 39.0 Å². The summed E-state index contributed by atoms with van der Waals surface area (Å²) in [7, 11) is 0. The quantitative estimate of drug-likeness (QED) is 0.509. The van der Waals surface area contributed by atoms with Gasteiger partial charge < -0.3 is 0 Å². The fourth-order valence-electron chi connectivity index (χ4n) is 2.57. The second-order valence-electron chi connectivity index (χ2n) is 4.22. The Hall–Kier alpha value is -0.520. The van der Waals surface area contributed by atoms with Crippen molar-refractivity contribution in [2.24, 2.45) is 11.8 Å². The molecule has 0 aromatic heterocycles. The molecule has 2 aliphatic rings. The van der Waals surface area contributed by atoms with Crippen LogP contribution in [0, 0.1) is 11.8 Å². The molecule has 0 radical (unpaired) electrons. The highest BCUT2D eigenvalue weighted by atomic mass is 14.3. The van der Waals surface area contributed by atoms with E-state index in [0.717, 1.165) is 11.8 Å². The van der Waals surface area contributed by atoms with Crippen LogP contribution in [-0.2, 0) is 0 Å². The fourth-order valence-corrected chi connectivity index (χ4v) is 2.57. The Bertz CT molecular complexity index is 210. The van der Waals surface area contributed by atoms with Crippen LogP contribution in [0.5, 0.6) is 0 Å². The topological polar surface area (TPSA) is 0 Å². The largest absolute Gasteiger partial charge is 0.0845 e. The predicted octanol–water partition coefficient (Wildman–Crippen LogP) is 3.70. The van der Waals surface area contributed by atoms with Crippen LogP contribution in [0.25, 0.3) is 0 Å². The molecule has 0 spiro atoms. The Morgan fingerprint density at radius 2 is 2.25 bits per heavy atom. The van der Waals surface area contributed by atoms with Crippen molar-refractivity contribution in [1.82, 2.24) is 0 Å². The average Bonchev–Trinajstić information content (AvgIpc) is 2.31. The van der Waals surface area contributed by atoms with Crippen molar-refractivity contribution in [2.75, 3.05) is 0 Å². The van der Waals surface area contributed by atoms with Gasteiger partial charge in [0.1, 0.15) is 0 Å². The van der Waals surface area contributed by atoms with E-state index in [1.54, 1.807) is 5.57 Å². The minimum atomic E-state index is 0.926. The number of rotatable bonds is 0. The molecule has 0 aromatic carbocycles. The van der Waals surface area contributed by atoms with Crippen molar-refractivity contribution >= 4 is 0 Å². The summed E-state index contributed by atoms with van der Waals surface area (Å²) in [5.41, 5.74) is 1.72. The SMILES string of the molecule is CC1CC/C2=C/C=C\CCCC21. The highest BCUT2D eigenvalue weighted by Crippen LogP contribution is 2.39. The Morgan fingerprint density at radius 3 is 3.17 bits per heavy atom. The first-order chi connectivity index (χ1) is 5.88. The molecule has 2 rings (SSSR count). The minimum absolute atomic E-state index is 0.926. The van der Waals surface area contributed by atoms with E-state index in [2.05, 4.69) is 25.2 Å². The monoisotopic (exact) mass is 162 g/mol. The Labute approximate surface area is 75.4 Å². The summed E-state index contributed by atoms with van der Waals surface area (Å²) in [6.07, 6.45) is 13.8. The van der Waals surface area contributed by atoms with E-state index in [4.69, 9.17) is 0 Å². The molecule has 2 atom stereocenters. The lowest BCUT2D eigenvalue weighted by Crippen LogP contribution is -2.06. The first-order valence-electron chi connectivity index (χ1n) is 5.23. The van der Waals surface area contributed by atoms with Gasteiger partial charge in [-0.1, -0.05) is 30.7 Å². The maximum absolute atomic E-state index is 2.41. The van der Waals surface area contributed by atoms with Crippen molar-refractivity contribution in [3.8, 4) is 0 Å². The summed E-state index contributed by atoms with van der Waals surface area (Å²) in [5, 5.41) is 0. The van der Waals surface area contributed by atoms with Crippen molar-refractivity contribution in [1.29, 1.82) is 0 Å². The zero-order chi connectivity index (χ0) is 8.39. The van der Waals surface area contributed by atoms with Gasteiger partial charge in [0.05, 0.1) is 0 Å². The molecule has 1 fully saturated rings. The van der Waals surface area contributed by atoms with Gasteiger partial charge in [-0.25, -0.2) is 0 Å². The van der Waals surface area contributed by atoms with Gasteiger partial charge >= 0.3 is 0 Å². The molecule has 0 aromatic rings. The maximum atomic E-state index is 2.41. The molecule has 2 aliphatic carbocycles. The summed E-state index contributed by atoms with van der Waals surface area (Å²) in [5.74, 6) is 1.87. The predicted molar refractivity (Wildman–Crippen MR) is 53.0 cm³/mol. The standard InChI is InChI=1S/C12H18/c1-10-8-9-11-6-4-2-3-5-7-12(10)11/h2,4,6,10,12H,3,5,7-9H2,1H3/b4-2-,11-6-. The van der Waals surface area contributed by atoms with E-state index in [0.29, 0.717) is 0 Å². The van der Waals surface area contributed by atoms with E-state index < -0.39 is 0 Å². The molecule has 0 aliphatic heterocycles. The normalized spacial score (nSPS) is 42.2. The van der Waals surface area contributed by atoms with Crippen molar-refractivity contribution in [3.63, 3.8) is 0 Å². The van der Waals surface area contributed by atoms with Crippen LogP contribution in [0.15, 0.2) is 23.8 Å². The first kappa shape index (κ1) is 8.10. The lowest BCUT2D eigenvalue weighted by Gasteiger charge is -2.17. The highest BCUT2D eigenvalue weighted by Gasteiger charge is 2.27. The van der Waals surface area contributed by atoms with Crippen molar-refractivity contribution in [3.05, 3.63) is 23.8 Å². The maximum Gasteiger partial charge on any atom is -0.0174 e. The molecule has 0 nitrogen and oxygen atoms in total. The fraction of sp³-hybridized carbons (Fsp3) is 0.667. The summed E-state index contributed by atoms with van der Waals surface area (Å²) in [6.45, 7) is 2.41. The third-order valence-electron chi connectivity index (χ3n) is 3.38. The van der Waals surface area contributed by atoms with Crippen LogP contribution in [0.3, 0.4) is 0 Å². The minimum Gasteiger partial charge on any atom is -0.0845 e. The smallest absolute Gasteiger partial charge is 0.0174 e. The number of hydrogen-bond donors (Lipinski definition) is 0. The van der Waals surface area contributed by atoms with Crippen LogP contribution >= 0.6 is 0 Å². The van der Waals surface area contributed by atoms with Crippen LogP contribution in [0.4, 0.5) is 0 Å². The molecule has 0 heterocycles. The third kappa shape index (κ3) is 1.48. The molecule has 0 bridgehead atoms. The van der Waals surface area contributed by atoms with E-state index in [1.165, 1.54) is 32.1 Å². The number of allylic oxidation sites excluding steroid dienone is 4. The molecular formula is C12H18. The Morgan fingerprint density at radius 1 is 1.33 bits per heavy atom. The van der Waals surface area contributed by atoms with Gasteiger partial charge in [-0.3, -0.25) is 0 Å². The van der Waals surface area contributed by atoms with Gasteiger partial charge in [0.25, 0.3) is 0 Å². The summed E-state index contributed by atoms with van der Waals surface area (Å²) >= 11 is 0. The van der Waals surface area contributed by atoms with E-state index in [-0.39, 0.29) is 0 Å². The molecule has 0 heteroatoms. The number of fused-ring (bicyclic) bond motifs is 1. The second-order valence-corrected chi connectivity index (χ2v) is 4.22. The van der Waals surface area contributed by atoms with Crippen LogP contribution < -0.4 is 0 Å². The summed E-state index contributed by atoms with van der Waals surface area (Å²) in [6, 6.07) is 0. The van der Waals surface area contributed by atoms with Crippen LogP contribution in [0.2, 0.25) is 0 Å². The van der Waals surface area contributed by atoms with Gasteiger partial charge in [0, 0.05) is 0 Å². The molecule has 1 saturated carbocycles. The highest BCUT2D eigenvalue weighted by molar-refractivity contribution is 5.20.